The largest absolute Gasteiger partial charge is 0.495 e. The average Bonchev–Trinajstić information content (AvgIpc) is 3.05. The third kappa shape index (κ3) is 6.57. The first kappa shape index (κ1) is 24.2. The normalized spacial score (nSPS) is 14.5. The molecule has 1 aliphatic carbocycles. The minimum Gasteiger partial charge on any atom is -0.495 e. The summed E-state index contributed by atoms with van der Waals surface area (Å²) in [5.41, 5.74) is 0.735. The van der Waals surface area contributed by atoms with Gasteiger partial charge in [-0.3, -0.25) is 0 Å². The van der Waals surface area contributed by atoms with Crippen LogP contribution < -0.4 is 15.4 Å². The minimum atomic E-state index is 0.333. The zero-order valence-corrected chi connectivity index (χ0v) is 21.2. The van der Waals surface area contributed by atoms with Gasteiger partial charge in [-0.15, -0.1) is 0 Å². The lowest BCUT2D eigenvalue weighted by atomic mass is 10.1. The fourth-order valence-corrected chi connectivity index (χ4v) is 5.34. The van der Waals surface area contributed by atoms with Crippen LogP contribution in [0.3, 0.4) is 0 Å². The lowest BCUT2D eigenvalue weighted by Gasteiger charge is -2.17. The zero-order chi connectivity index (χ0) is 23.2. The predicted molar refractivity (Wildman–Crippen MR) is 137 cm³/mol. The Morgan fingerprint density at radius 2 is 1.58 bits per heavy atom. The maximum absolute atomic E-state index is 6.37. The second-order valence-corrected chi connectivity index (χ2v) is 9.92. The number of ether oxygens (including phenoxy) is 1. The molecule has 33 heavy (non-hydrogen) atoms. The van der Waals surface area contributed by atoms with Crippen molar-refractivity contribution in [2.24, 2.45) is 0 Å². The maximum Gasteiger partial charge on any atom is 0.233 e. The van der Waals surface area contributed by atoms with E-state index >= 15 is 0 Å². The summed E-state index contributed by atoms with van der Waals surface area (Å²) in [5, 5.41) is 8.79. The highest BCUT2D eigenvalue weighted by Crippen LogP contribution is 2.38. The van der Waals surface area contributed by atoms with Crippen LogP contribution in [0.2, 0.25) is 15.1 Å². The molecule has 6 nitrogen and oxygen atoms in total. The van der Waals surface area contributed by atoms with Crippen molar-refractivity contribution in [2.75, 3.05) is 17.7 Å². The molecule has 2 N–H and O–H groups in total. The topological polar surface area (TPSA) is 72.0 Å². The third-order valence-corrected chi connectivity index (χ3v) is 7.48. The molecule has 1 fully saturated rings. The Morgan fingerprint density at radius 1 is 0.879 bits per heavy atom. The van der Waals surface area contributed by atoms with Crippen molar-refractivity contribution in [3.63, 3.8) is 0 Å². The number of benzene rings is 2. The molecule has 0 saturated heterocycles. The molecule has 0 spiro atoms. The molecule has 1 heterocycles. The molecule has 1 saturated carbocycles. The van der Waals surface area contributed by atoms with Crippen LogP contribution in [0.4, 0.5) is 17.6 Å². The molecule has 0 atom stereocenters. The molecule has 174 valence electrons. The maximum atomic E-state index is 6.37. The van der Waals surface area contributed by atoms with E-state index < -0.39 is 0 Å². The van der Waals surface area contributed by atoms with Gasteiger partial charge < -0.3 is 15.4 Å². The van der Waals surface area contributed by atoms with Crippen molar-refractivity contribution in [3.8, 4) is 5.75 Å². The molecule has 1 aromatic heterocycles. The Bertz CT molecular complexity index is 1090. The molecule has 4 rings (SSSR count). The summed E-state index contributed by atoms with van der Waals surface area (Å²) in [5.74, 6) is 1.51. The molecular weight excluding hydrogens is 501 g/mol. The summed E-state index contributed by atoms with van der Waals surface area (Å²) in [6.07, 6.45) is 7.14. The van der Waals surface area contributed by atoms with E-state index in [1.807, 2.05) is 12.1 Å². The van der Waals surface area contributed by atoms with Gasteiger partial charge in [0.05, 0.1) is 27.1 Å². The molecule has 0 bridgehead atoms. The summed E-state index contributed by atoms with van der Waals surface area (Å²) in [4.78, 5) is 14.6. The number of halogens is 3. The van der Waals surface area contributed by atoms with E-state index in [1.165, 1.54) is 37.4 Å². The summed E-state index contributed by atoms with van der Waals surface area (Å²) < 4.78 is 5.23. The van der Waals surface area contributed by atoms with Crippen LogP contribution in [0.1, 0.15) is 38.5 Å². The standard InChI is InChI=1S/C23H24Cl3N5OS/c1-32-19-12-11-15(13-18(19)26)28-22-29-21(27-14-7-4-2-3-5-8-14)30-23(31-22)33-20-16(24)9-6-10-17(20)25/h6,9-14H,2-5,7-8H2,1H3,(H2,27,28,29,30,31). The van der Waals surface area contributed by atoms with Gasteiger partial charge in [-0.05, 0) is 54.9 Å². The average molecular weight is 525 g/mol. The highest BCUT2D eigenvalue weighted by Gasteiger charge is 2.17. The van der Waals surface area contributed by atoms with E-state index in [9.17, 15) is 0 Å². The number of anilines is 3. The van der Waals surface area contributed by atoms with Crippen molar-refractivity contribution in [1.82, 2.24) is 15.0 Å². The van der Waals surface area contributed by atoms with Crippen LogP contribution in [0.25, 0.3) is 0 Å². The lowest BCUT2D eigenvalue weighted by molar-refractivity contribution is 0.415. The first-order valence-corrected chi connectivity index (χ1v) is 12.7. The van der Waals surface area contributed by atoms with E-state index in [1.54, 1.807) is 31.4 Å². The third-order valence-electron chi connectivity index (χ3n) is 5.32. The number of methoxy groups -OCH3 is 1. The first-order valence-electron chi connectivity index (χ1n) is 10.8. The molecular formula is C23H24Cl3N5OS. The highest BCUT2D eigenvalue weighted by atomic mass is 35.5. The molecule has 0 aliphatic heterocycles. The summed E-state index contributed by atoms with van der Waals surface area (Å²) in [6, 6.07) is 11.1. The monoisotopic (exact) mass is 523 g/mol. The van der Waals surface area contributed by atoms with Crippen LogP contribution in [0.5, 0.6) is 5.75 Å². The minimum absolute atomic E-state index is 0.333. The van der Waals surface area contributed by atoms with Gasteiger partial charge in [0.1, 0.15) is 5.75 Å². The number of aromatic nitrogens is 3. The highest BCUT2D eigenvalue weighted by molar-refractivity contribution is 7.99. The Morgan fingerprint density at radius 3 is 2.24 bits per heavy atom. The van der Waals surface area contributed by atoms with Gasteiger partial charge >= 0.3 is 0 Å². The Labute approximate surface area is 212 Å². The second-order valence-electron chi connectivity index (χ2n) is 7.73. The van der Waals surface area contributed by atoms with Crippen molar-refractivity contribution < 1.29 is 4.74 Å². The van der Waals surface area contributed by atoms with E-state index in [4.69, 9.17) is 39.5 Å². The van der Waals surface area contributed by atoms with Crippen LogP contribution in [0, 0.1) is 0 Å². The molecule has 0 radical (unpaired) electrons. The number of hydrogen-bond acceptors (Lipinski definition) is 7. The summed E-state index contributed by atoms with van der Waals surface area (Å²) in [6.45, 7) is 0. The second kappa shape index (κ2) is 11.5. The molecule has 10 heteroatoms. The quantitative estimate of drug-likeness (QED) is 0.305. The Balaban J connectivity index is 1.64. The zero-order valence-electron chi connectivity index (χ0n) is 18.1. The number of hydrogen-bond donors (Lipinski definition) is 2. The lowest BCUT2D eigenvalue weighted by Crippen LogP contribution is -2.20. The van der Waals surface area contributed by atoms with Crippen molar-refractivity contribution >= 4 is 64.1 Å². The molecule has 1 aliphatic rings. The number of nitrogens with zero attached hydrogens (tertiary/aromatic N) is 3. The summed E-state index contributed by atoms with van der Waals surface area (Å²) in [7, 11) is 1.58. The van der Waals surface area contributed by atoms with E-state index in [2.05, 4.69) is 25.6 Å². The van der Waals surface area contributed by atoms with Gasteiger partial charge in [-0.25, -0.2) is 0 Å². The van der Waals surface area contributed by atoms with E-state index in [-0.39, 0.29) is 0 Å². The molecule has 3 aromatic rings. The first-order chi connectivity index (χ1) is 16.0. The van der Waals surface area contributed by atoms with Gasteiger partial charge in [0.15, 0.2) is 5.16 Å². The molecule has 2 aromatic carbocycles. The Hall–Kier alpha value is -1.93. The van der Waals surface area contributed by atoms with Crippen molar-refractivity contribution in [1.29, 1.82) is 0 Å². The van der Waals surface area contributed by atoms with Gasteiger partial charge in [0.2, 0.25) is 11.9 Å². The van der Waals surface area contributed by atoms with Crippen LogP contribution in [0.15, 0.2) is 46.5 Å². The van der Waals surface area contributed by atoms with Crippen LogP contribution in [-0.2, 0) is 0 Å². The van der Waals surface area contributed by atoms with Gasteiger partial charge in [-0.1, -0.05) is 66.6 Å². The summed E-state index contributed by atoms with van der Waals surface area (Å²) >= 11 is 20.3. The van der Waals surface area contributed by atoms with Gasteiger partial charge in [0.25, 0.3) is 0 Å². The smallest absolute Gasteiger partial charge is 0.233 e. The SMILES string of the molecule is COc1ccc(Nc2nc(NC3CCCCCC3)nc(Sc3c(Cl)cccc3Cl)n2)cc1Cl. The van der Waals surface area contributed by atoms with Crippen molar-refractivity contribution in [3.05, 3.63) is 51.5 Å². The number of nitrogens with one attached hydrogen (secondary N) is 2. The van der Waals surface area contributed by atoms with Crippen LogP contribution >= 0.6 is 46.6 Å². The fourth-order valence-electron chi connectivity index (χ4n) is 3.67. The van der Waals surface area contributed by atoms with Crippen LogP contribution in [-0.4, -0.2) is 28.1 Å². The molecule has 0 unspecified atom stereocenters. The Kier molecular flexibility index (Phi) is 8.41. The van der Waals surface area contributed by atoms with Gasteiger partial charge in [0, 0.05) is 11.7 Å². The van der Waals surface area contributed by atoms with E-state index in [0.29, 0.717) is 48.8 Å². The van der Waals surface area contributed by atoms with Gasteiger partial charge in [-0.2, -0.15) is 15.0 Å². The van der Waals surface area contributed by atoms with Crippen molar-refractivity contribution in [2.45, 2.75) is 54.6 Å². The number of rotatable bonds is 7. The molecule has 0 amide bonds. The fraction of sp³-hybridized carbons (Fsp3) is 0.348. The van der Waals surface area contributed by atoms with E-state index in [0.717, 1.165) is 18.5 Å². The predicted octanol–water partition coefficient (Wildman–Crippen LogP) is 7.87.